The first kappa shape index (κ1) is 23.9. The van der Waals surface area contributed by atoms with E-state index in [0.29, 0.717) is 19.5 Å². The lowest BCUT2D eigenvalue weighted by Gasteiger charge is -2.30. The summed E-state index contributed by atoms with van der Waals surface area (Å²) < 4.78 is 0. The van der Waals surface area contributed by atoms with Crippen LogP contribution in [0.2, 0.25) is 0 Å². The van der Waals surface area contributed by atoms with Crippen molar-refractivity contribution in [3.63, 3.8) is 0 Å². The molecule has 1 atom stereocenters. The molecule has 0 aliphatic carbocycles. The fraction of sp³-hybridized carbons (Fsp3) is 0.833. The Hall–Kier alpha value is -1.08. The predicted octanol–water partition coefficient (Wildman–Crippen LogP) is 1.78. The molecule has 0 aliphatic heterocycles. The number of nitrogens with one attached hydrogen (secondary N) is 1. The monoisotopic (exact) mass is 373 g/mol. The molecule has 1 unspecified atom stereocenters. The number of unbranched alkanes of at least 4 members (excludes halogenated alkanes) is 3. The first-order valence-electron chi connectivity index (χ1n) is 8.98. The van der Waals surface area contributed by atoms with Crippen molar-refractivity contribution < 1.29 is 14.4 Å². The van der Waals surface area contributed by atoms with E-state index in [1.54, 1.807) is 19.0 Å². The number of carbonyl (C=O) groups is 3. The Morgan fingerprint density at radius 3 is 2.28 bits per heavy atom. The number of hydrogen-bond donors (Lipinski definition) is 1. The van der Waals surface area contributed by atoms with E-state index in [2.05, 4.69) is 11.6 Å². The molecule has 0 aromatic carbocycles. The summed E-state index contributed by atoms with van der Waals surface area (Å²) in [4.78, 5) is 39.7. The van der Waals surface area contributed by atoms with Gasteiger partial charge >= 0.3 is 0 Å². The van der Waals surface area contributed by atoms with Crippen LogP contribution in [-0.2, 0) is 14.4 Å². The number of rotatable bonds is 14. The van der Waals surface area contributed by atoms with Crippen LogP contribution in [0, 0.1) is 0 Å². The molecule has 2 amide bonds. The standard InChI is InChI=1S/C18H35N3O3S/c1-15(22)14-16(18(24)20(3)12-11-19-2)21(4)17(23)10-8-6-7-9-13-25-5/h16,19H,6-14H2,1-5H3. The normalized spacial score (nSPS) is 11.9. The molecule has 0 spiro atoms. The molecule has 146 valence electrons. The zero-order valence-electron chi connectivity index (χ0n) is 16.5. The van der Waals surface area contributed by atoms with Crippen molar-refractivity contribution in [2.24, 2.45) is 0 Å². The maximum Gasteiger partial charge on any atom is 0.245 e. The lowest BCUT2D eigenvalue weighted by molar-refractivity contribution is -0.145. The maximum absolute atomic E-state index is 12.6. The first-order chi connectivity index (χ1) is 11.8. The maximum atomic E-state index is 12.6. The molecule has 0 heterocycles. The van der Waals surface area contributed by atoms with Gasteiger partial charge in [0.25, 0.3) is 0 Å². The van der Waals surface area contributed by atoms with Gasteiger partial charge in [-0.1, -0.05) is 12.8 Å². The molecule has 0 aromatic heterocycles. The average molecular weight is 374 g/mol. The summed E-state index contributed by atoms with van der Waals surface area (Å²) in [5.41, 5.74) is 0. The number of nitrogens with zero attached hydrogens (tertiary/aromatic N) is 2. The second-order valence-electron chi connectivity index (χ2n) is 6.45. The zero-order chi connectivity index (χ0) is 19.2. The highest BCUT2D eigenvalue weighted by Gasteiger charge is 2.29. The second kappa shape index (κ2) is 14.1. The molecule has 0 bridgehead atoms. The van der Waals surface area contributed by atoms with Crippen molar-refractivity contribution in [3.05, 3.63) is 0 Å². The Kier molecular flexibility index (Phi) is 13.5. The molecule has 1 N–H and O–H groups in total. The van der Waals surface area contributed by atoms with Crippen LogP contribution in [0.4, 0.5) is 0 Å². The summed E-state index contributed by atoms with van der Waals surface area (Å²) >= 11 is 1.84. The van der Waals surface area contributed by atoms with E-state index in [1.165, 1.54) is 18.2 Å². The Labute approximate surface area is 157 Å². The van der Waals surface area contributed by atoms with Crippen LogP contribution in [0.25, 0.3) is 0 Å². The Morgan fingerprint density at radius 2 is 1.72 bits per heavy atom. The molecule has 0 aromatic rings. The van der Waals surface area contributed by atoms with Gasteiger partial charge < -0.3 is 15.1 Å². The van der Waals surface area contributed by atoms with Crippen LogP contribution in [-0.4, -0.2) is 79.7 Å². The number of likely N-dealkylation sites (N-methyl/N-ethyl adjacent to an activating group) is 3. The quantitative estimate of drug-likeness (QED) is 0.470. The SMILES string of the molecule is CNCCN(C)C(=O)C(CC(C)=O)N(C)C(=O)CCCCCCSC. The Morgan fingerprint density at radius 1 is 1.08 bits per heavy atom. The summed E-state index contributed by atoms with van der Waals surface area (Å²) in [6, 6.07) is -0.705. The van der Waals surface area contributed by atoms with Crippen LogP contribution in [0.15, 0.2) is 0 Å². The van der Waals surface area contributed by atoms with Crippen LogP contribution in [0.1, 0.15) is 45.4 Å². The van der Waals surface area contributed by atoms with Gasteiger partial charge in [-0.2, -0.15) is 11.8 Å². The van der Waals surface area contributed by atoms with Crippen molar-refractivity contribution in [2.75, 3.05) is 46.2 Å². The molecule has 0 saturated heterocycles. The van der Waals surface area contributed by atoms with Crippen molar-refractivity contribution in [1.29, 1.82) is 0 Å². The van der Waals surface area contributed by atoms with Gasteiger partial charge in [0.05, 0.1) is 0 Å². The minimum absolute atomic E-state index is 0.0634. The van der Waals surface area contributed by atoms with Crippen LogP contribution in [0.3, 0.4) is 0 Å². The lowest BCUT2D eigenvalue weighted by Crippen LogP contribution is -2.50. The van der Waals surface area contributed by atoms with Gasteiger partial charge in [0, 0.05) is 40.0 Å². The number of hydrogen-bond acceptors (Lipinski definition) is 5. The van der Waals surface area contributed by atoms with E-state index in [1.807, 2.05) is 18.8 Å². The van der Waals surface area contributed by atoms with Gasteiger partial charge in [0.2, 0.25) is 11.8 Å². The van der Waals surface area contributed by atoms with Crippen molar-refractivity contribution >= 4 is 29.4 Å². The number of thioether (sulfide) groups is 1. The molecule has 6 nitrogen and oxygen atoms in total. The molecule has 0 rings (SSSR count). The second-order valence-corrected chi connectivity index (χ2v) is 7.43. The minimum Gasteiger partial charge on any atom is -0.343 e. The number of carbonyl (C=O) groups excluding carboxylic acids is 3. The van der Waals surface area contributed by atoms with Gasteiger partial charge in [-0.3, -0.25) is 14.4 Å². The van der Waals surface area contributed by atoms with Crippen molar-refractivity contribution in [3.8, 4) is 0 Å². The van der Waals surface area contributed by atoms with Gasteiger partial charge in [-0.15, -0.1) is 0 Å². The summed E-state index contributed by atoms with van der Waals surface area (Å²) in [6.07, 6.45) is 6.74. The van der Waals surface area contributed by atoms with E-state index < -0.39 is 6.04 Å². The summed E-state index contributed by atoms with van der Waals surface area (Å²) in [7, 11) is 5.16. The van der Waals surface area contributed by atoms with Gasteiger partial charge in [0.1, 0.15) is 11.8 Å². The number of ketones is 1. The lowest BCUT2D eigenvalue weighted by atomic mass is 10.1. The molecular weight excluding hydrogens is 338 g/mol. The van der Waals surface area contributed by atoms with E-state index in [-0.39, 0.29) is 24.0 Å². The highest BCUT2D eigenvalue weighted by atomic mass is 32.2. The smallest absolute Gasteiger partial charge is 0.245 e. The Balaban J connectivity index is 4.60. The van der Waals surface area contributed by atoms with E-state index in [4.69, 9.17) is 0 Å². The Bertz CT molecular complexity index is 418. The molecule has 25 heavy (non-hydrogen) atoms. The van der Waals surface area contributed by atoms with E-state index in [9.17, 15) is 14.4 Å². The summed E-state index contributed by atoms with van der Waals surface area (Å²) in [5.74, 6) is 0.826. The zero-order valence-corrected chi connectivity index (χ0v) is 17.3. The molecule has 0 radical (unpaired) electrons. The summed E-state index contributed by atoms with van der Waals surface area (Å²) in [5, 5.41) is 2.99. The van der Waals surface area contributed by atoms with E-state index in [0.717, 1.165) is 25.0 Å². The first-order valence-corrected chi connectivity index (χ1v) is 10.4. The largest absolute Gasteiger partial charge is 0.343 e. The van der Waals surface area contributed by atoms with Crippen molar-refractivity contribution in [1.82, 2.24) is 15.1 Å². The fourth-order valence-corrected chi connectivity index (χ4v) is 3.03. The van der Waals surface area contributed by atoms with Crippen LogP contribution >= 0.6 is 11.8 Å². The predicted molar refractivity (Wildman–Crippen MR) is 105 cm³/mol. The minimum atomic E-state index is -0.705. The fourth-order valence-electron chi connectivity index (χ4n) is 2.53. The molecule has 0 fully saturated rings. The molecule has 0 saturated carbocycles. The van der Waals surface area contributed by atoms with Crippen molar-refractivity contribution in [2.45, 2.75) is 51.5 Å². The third-order valence-electron chi connectivity index (χ3n) is 4.19. The third-order valence-corrected chi connectivity index (χ3v) is 4.89. The summed E-state index contributed by atoms with van der Waals surface area (Å²) in [6.45, 7) is 2.67. The highest BCUT2D eigenvalue weighted by molar-refractivity contribution is 7.98. The van der Waals surface area contributed by atoms with Gasteiger partial charge in [0.15, 0.2) is 0 Å². The van der Waals surface area contributed by atoms with Gasteiger partial charge in [-0.25, -0.2) is 0 Å². The molecule has 0 aliphatic rings. The average Bonchev–Trinajstić information content (AvgIpc) is 2.58. The van der Waals surface area contributed by atoms with Gasteiger partial charge in [-0.05, 0) is 38.8 Å². The molecular formula is C18H35N3O3S. The molecule has 7 heteroatoms. The number of amides is 2. The van der Waals surface area contributed by atoms with Crippen LogP contribution in [0.5, 0.6) is 0 Å². The highest BCUT2D eigenvalue weighted by Crippen LogP contribution is 2.12. The third kappa shape index (κ3) is 10.5. The van der Waals surface area contributed by atoms with E-state index >= 15 is 0 Å². The van der Waals surface area contributed by atoms with Crippen LogP contribution < -0.4 is 5.32 Å². The number of Topliss-reactive ketones (excluding diaryl/α,β-unsaturated/α-hetero) is 1. The topological polar surface area (TPSA) is 69.7 Å².